The molecule has 0 unspecified atom stereocenters. The van der Waals surface area contributed by atoms with Crippen LogP contribution in [-0.4, -0.2) is 17.3 Å². The summed E-state index contributed by atoms with van der Waals surface area (Å²) < 4.78 is 20.8. The Bertz CT molecular complexity index is 711. The van der Waals surface area contributed by atoms with Crippen molar-refractivity contribution in [2.45, 2.75) is 31.7 Å². The number of hydrogen-bond donors (Lipinski definition) is 1. The molecule has 5 heteroatoms. The molecule has 0 aliphatic heterocycles. The van der Waals surface area contributed by atoms with Crippen LogP contribution in [0.15, 0.2) is 59.5 Å². The second-order valence-electron chi connectivity index (χ2n) is 6.26. The van der Waals surface area contributed by atoms with E-state index in [1.165, 1.54) is 7.11 Å². The quantitative estimate of drug-likeness (QED) is 0.815. The molecule has 0 saturated carbocycles. The van der Waals surface area contributed by atoms with Crippen molar-refractivity contribution in [2.24, 2.45) is 5.41 Å². The molecular weight excluding hydrogens is 322 g/mol. The first-order chi connectivity index (χ1) is 11.4. The number of benzene rings is 2. The first-order valence-corrected chi connectivity index (χ1v) is 8.89. The van der Waals surface area contributed by atoms with Crippen LogP contribution in [0.25, 0.3) is 0 Å². The Balaban J connectivity index is 2.34. The number of ether oxygens (including phenoxy) is 1. The molecule has 0 radical (unpaired) electrons. The predicted octanol–water partition coefficient (Wildman–Crippen LogP) is 3.55. The Morgan fingerprint density at radius 2 is 1.67 bits per heavy atom. The van der Waals surface area contributed by atoms with Crippen LogP contribution >= 0.6 is 0 Å². The first-order valence-electron chi connectivity index (χ1n) is 7.74. The molecule has 0 spiro atoms. The monoisotopic (exact) mass is 345 g/mol. The standard InChI is InChI=1S/C19H23NO3S/c1-14-10-12-16(13-11-14)24(22)20-17(15-8-6-5-7-9-15)19(2,3)18(21)23-4/h5-13,17,20H,1-4H3/t17-,24-/m0/s1. The lowest BCUT2D eigenvalue weighted by Gasteiger charge is -2.32. The van der Waals surface area contributed by atoms with E-state index in [4.69, 9.17) is 4.74 Å². The van der Waals surface area contributed by atoms with Gasteiger partial charge in [0, 0.05) is 0 Å². The Morgan fingerprint density at radius 1 is 1.08 bits per heavy atom. The van der Waals surface area contributed by atoms with E-state index in [0.29, 0.717) is 4.90 Å². The van der Waals surface area contributed by atoms with Gasteiger partial charge in [0.25, 0.3) is 0 Å². The smallest absolute Gasteiger partial charge is 0.313 e. The molecule has 0 aliphatic carbocycles. The molecule has 128 valence electrons. The third kappa shape index (κ3) is 4.10. The maximum absolute atomic E-state index is 12.7. The summed E-state index contributed by atoms with van der Waals surface area (Å²) in [5, 5.41) is 0. The van der Waals surface area contributed by atoms with Crippen molar-refractivity contribution in [3.05, 3.63) is 65.7 Å². The van der Waals surface area contributed by atoms with E-state index in [0.717, 1.165) is 11.1 Å². The number of carbonyl (C=O) groups is 1. The lowest BCUT2D eigenvalue weighted by Crippen LogP contribution is -2.41. The van der Waals surface area contributed by atoms with E-state index in [9.17, 15) is 9.00 Å². The van der Waals surface area contributed by atoms with Crippen LogP contribution in [0.1, 0.15) is 31.0 Å². The average Bonchev–Trinajstić information content (AvgIpc) is 2.59. The van der Waals surface area contributed by atoms with Crippen LogP contribution in [0.5, 0.6) is 0 Å². The Labute approximate surface area is 145 Å². The fourth-order valence-corrected chi connectivity index (χ4v) is 3.66. The van der Waals surface area contributed by atoms with Crippen molar-refractivity contribution in [3.63, 3.8) is 0 Å². The lowest BCUT2D eigenvalue weighted by atomic mass is 9.81. The topological polar surface area (TPSA) is 55.4 Å². The fourth-order valence-electron chi connectivity index (χ4n) is 2.50. The molecule has 0 saturated heterocycles. The van der Waals surface area contributed by atoms with Gasteiger partial charge in [0.1, 0.15) is 11.0 Å². The highest BCUT2D eigenvalue weighted by molar-refractivity contribution is 7.83. The number of hydrogen-bond acceptors (Lipinski definition) is 3. The van der Waals surface area contributed by atoms with Crippen LogP contribution in [0, 0.1) is 12.3 Å². The summed E-state index contributed by atoms with van der Waals surface area (Å²) in [4.78, 5) is 12.9. The molecule has 1 N–H and O–H groups in total. The maximum atomic E-state index is 12.7. The maximum Gasteiger partial charge on any atom is 0.313 e. The van der Waals surface area contributed by atoms with Gasteiger partial charge in [-0.3, -0.25) is 4.79 Å². The summed E-state index contributed by atoms with van der Waals surface area (Å²) in [6.45, 7) is 5.55. The minimum Gasteiger partial charge on any atom is -0.469 e. The van der Waals surface area contributed by atoms with Gasteiger partial charge in [-0.15, -0.1) is 0 Å². The van der Waals surface area contributed by atoms with Crippen LogP contribution in [0.4, 0.5) is 0 Å². The van der Waals surface area contributed by atoms with Crippen LogP contribution in [0.2, 0.25) is 0 Å². The van der Waals surface area contributed by atoms with Crippen molar-refractivity contribution in [2.75, 3.05) is 7.11 Å². The van der Waals surface area contributed by atoms with Crippen LogP contribution in [0.3, 0.4) is 0 Å². The Hall–Kier alpha value is -1.98. The molecule has 0 aromatic heterocycles. The molecule has 2 atom stereocenters. The van der Waals surface area contributed by atoms with E-state index in [2.05, 4.69) is 4.72 Å². The first kappa shape index (κ1) is 18.4. The zero-order valence-corrected chi connectivity index (χ0v) is 15.2. The minimum absolute atomic E-state index is 0.357. The zero-order chi connectivity index (χ0) is 17.7. The Morgan fingerprint density at radius 3 is 2.21 bits per heavy atom. The lowest BCUT2D eigenvalue weighted by molar-refractivity contribution is -0.152. The van der Waals surface area contributed by atoms with E-state index in [1.807, 2.05) is 61.5 Å². The second kappa shape index (κ2) is 7.73. The summed E-state index contributed by atoms with van der Waals surface area (Å²) >= 11 is 0. The van der Waals surface area contributed by atoms with E-state index < -0.39 is 22.4 Å². The normalized spacial score (nSPS) is 14.0. The third-order valence-corrected chi connectivity index (χ3v) is 5.18. The fraction of sp³-hybridized carbons (Fsp3) is 0.316. The van der Waals surface area contributed by atoms with Gasteiger partial charge in [0.2, 0.25) is 0 Å². The molecule has 2 aromatic carbocycles. The average molecular weight is 345 g/mol. The van der Waals surface area contributed by atoms with Crippen molar-refractivity contribution in [3.8, 4) is 0 Å². The summed E-state index contributed by atoms with van der Waals surface area (Å²) in [6.07, 6.45) is 0. The van der Waals surface area contributed by atoms with Gasteiger partial charge in [-0.1, -0.05) is 48.0 Å². The second-order valence-corrected chi connectivity index (χ2v) is 7.50. The van der Waals surface area contributed by atoms with Crippen LogP contribution in [-0.2, 0) is 20.5 Å². The number of rotatable bonds is 6. The molecule has 4 nitrogen and oxygen atoms in total. The summed E-state index contributed by atoms with van der Waals surface area (Å²) in [6, 6.07) is 16.5. The number of nitrogens with one attached hydrogen (secondary N) is 1. The van der Waals surface area contributed by atoms with Crippen molar-refractivity contribution in [1.29, 1.82) is 0 Å². The summed E-state index contributed by atoms with van der Waals surface area (Å²) in [7, 11) is -0.0809. The van der Waals surface area contributed by atoms with Crippen LogP contribution < -0.4 is 4.72 Å². The highest BCUT2D eigenvalue weighted by Crippen LogP contribution is 2.35. The number of carbonyl (C=O) groups excluding carboxylic acids is 1. The van der Waals surface area contributed by atoms with E-state index >= 15 is 0 Å². The molecule has 0 aliphatic rings. The molecule has 24 heavy (non-hydrogen) atoms. The molecule has 0 bridgehead atoms. The van der Waals surface area contributed by atoms with Gasteiger partial charge in [-0.2, -0.15) is 0 Å². The number of esters is 1. The largest absolute Gasteiger partial charge is 0.469 e. The van der Waals surface area contributed by atoms with E-state index in [1.54, 1.807) is 13.8 Å². The molecule has 0 fully saturated rings. The van der Waals surface area contributed by atoms with Crippen molar-refractivity contribution >= 4 is 17.0 Å². The molecule has 0 heterocycles. The molecule has 2 aromatic rings. The van der Waals surface area contributed by atoms with Gasteiger partial charge in [0.15, 0.2) is 0 Å². The number of methoxy groups -OCH3 is 1. The molecular formula is C19H23NO3S. The van der Waals surface area contributed by atoms with Crippen molar-refractivity contribution < 1.29 is 13.7 Å². The van der Waals surface area contributed by atoms with Crippen molar-refractivity contribution in [1.82, 2.24) is 4.72 Å². The van der Waals surface area contributed by atoms with E-state index in [-0.39, 0.29) is 5.97 Å². The van der Waals surface area contributed by atoms with Gasteiger partial charge in [0.05, 0.1) is 23.5 Å². The molecule has 2 rings (SSSR count). The summed E-state index contributed by atoms with van der Waals surface area (Å²) in [5.74, 6) is -0.357. The molecule has 0 amide bonds. The number of aryl methyl sites for hydroxylation is 1. The summed E-state index contributed by atoms with van der Waals surface area (Å²) in [5.41, 5.74) is 1.11. The minimum atomic E-state index is -1.45. The zero-order valence-electron chi connectivity index (χ0n) is 14.4. The predicted molar refractivity (Wildman–Crippen MR) is 95.7 cm³/mol. The highest BCUT2D eigenvalue weighted by Gasteiger charge is 2.39. The van der Waals surface area contributed by atoms with Gasteiger partial charge in [-0.05, 0) is 38.5 Å². The third-order valence-electron chi connectivity index (χ3n) is 4.03. The van der Waals surface area contributed by atoms with Gasteiger partial charge in [-0.25, -0.2) is 8.93 Å². The van der Waals surface area contributed by atoms with Gasteiger partial charge >= 0.3 is 5.97 Å². The van der Waals surface area contributed by atoms with Gasteiger partial charge < -0.3 is 4.74 Å². The Kier molecular flexibility index (Phi) is 5.91. The highest BCUT2D eigenvalue weighted by atomic mass is 32.2. The SMILES string of the molecule is COC(=O)C(C)(C)[C@@H](N[S@@](=O)c1ccc(C)cc1)c1ccccc1.